The molecule has 1 saturated heterocycles. The zero-order valence-corrected chi connectivity index (χ0v) is 20.0. The van der Waals surface area contributed by atoms with E-state index in [4.69, 9.17) is 46.9 Å². The maximum absolute atomic E-state index is 11.9. The van der Waals surface area contributed by atoms with Crippen molar-refractivity contribution in [2.24, 2.45) is 0 Å². The second-order valence-electron chi connectivity index (χ2n) is 7.27. The largest absolute Gasteiger partial charge is 0.463 e. The van der Waals surface area contributed by atoms with Crippen LogP contribution in [0.25, 0.3) is 0 Å². The van der Waals surface area contributed by atoms with Crippen molar-refractivity contribution in [2.45, 2.75) is 64.9 Å². The molecule has 1 aromatic rings. The minimum absolute atomic E-state index is 0.0535. The summed E-state index contributed by atoms with van der Waals surface area (Å²) in [5, 5.41) is 3.40. The number of amides is 1. The van der Waals surface area contributed by atoms with Gasteiger partial charge in [0.2, 0.25) is 5.91 Å². The lowest BCUT2D eigenvalue weighted by atomic mass is 9.96. The molecule has 0 spiro atoms. The van der Waals surface area contributed by atoms with Gasteiger partial charge in [-0.2, -0.15) is 0 Å². The number of benzene rings is 1. The summed E-state index contributed by atoms with van der Waals surface area (Å²) in [6.45, 7) is 4.40. The average Bonchev–Trinajstić information content (AvgIpc) is 2.68. The van der Waals surface area contributed by atoms with E-state index in [0.717, 1.165) is 13.8 Å². The Balaban J connectivity index is 2.38. The quantitative estimate of drug-likeness (QED) is 0.417. The zero-order chi connectivity index (χ0) is 24.7. The number of halogens is 2. The van der Waals surface area contributed by atoms with Crippen LogP contribution >= 0.6 is 23.2 Å². The smallest absolute Gasteiger partial charge is 0.303 e. The van der Waals surface area contributed by atoms with Gasteiger partial charge in [0, 0.05) is 37.7 Å². The summed E-state index contributed by atoms with van der Waals surface area (Å²) in [5.41, 5.74) is 0.578. The Kier molecular flexibility index (Phi) is 9.90. The number of nitrogens with one attached hydrogen (secondary N) is 1. The number of carbonyl (C=O) groups is 4. The summed E-state index contributed by atoms with van der Waals surface area (Å²) in [5.74, 6) is -2.46. The van der Waals surface area contributed by atoms with Crippen molar-refractivity contribution in [1.29, 1.82) is 0 Å². The van der Waals surface area contributed by atoms with Crippen molar-refractivity contribution in [3.63, 3.8) is 0 Å². The SMILES string of the molecule is CC(=O)N[C@H]1[C@H](OCc2ccc(Cl)cc2Cl)O[C@@H](COC(C)=O)[C@@H](OC(C)=O)[C@@H]1OC(C)=O. The molecule has 1 aromatic carbocycles. The summed E-state index contributed by atoms with van der Waals surface area (Å²) < 4.78 is 27.5. The summed E-state index contributed by atoms with van der Waals surface area (Å²) in [6, 6.07) is 3.76. The van der Waals surface area contributed by atoms with E-state index in [1.807, 2.05) is 0 Å². The van der Waals surface area contributed by atoms with E-state index in [0.29, 0.717) is 15.6 Å². The molecule has 0 aromatic heterocycles. The molecular formula is C21H25Cl2NO9. The van der Waals surface area contributed by atoms with Gasteiger partial charge in [-0.15, -0.1) is 0 Å². The molecule has 33 heavy (non-hydrogen) atoms. The third-order valence-corrected chi connectivity index (χ3v) is 5.08. The number of hydrogen-bond donors (Lipinski definition) is 1. The van der Waals surface area contributed by atoms with E-state index in [1.54, 1.807) is 12.1 Å². The Morgan fingerprint density at radius 1 is 0.970 bits per heavy atom. The molecule has 10 nitrogen and oxygen atoms in total. The van der Waals surface area contributed by atoms with Gasteiger partial charge in [0.05, 0.1) is 6.61 Å². The van der Waals surface area contributed by atoms with Crippen LogP contribution in [0.15, 0.2) is 18.2 Å². The van der Waals surface area contributed by atoms with Crippen molar-refractivity contribution < 1.29 is 42.9 Å². The molecule has 0 saturated carbocycles. The lowest BCUT2D eigenvalue weighted by Gasteiger charge is -2.44. The monoisotopic (exact) mass is 505 g/mol. The van der Waals surface area contributed by atoms with E-state index >= 15 is 0 Å². The molecular weight excluding hydrogens is 481 g/mol. The highest BCUT2D eigenvalue weighted by atomic mass is 35.5. The maximum Gasteiger partial charge on any atom is 0.303 e. The summed E-state index contributed by atoms with van der Waals surface area (Å²) in [4.78, 5) is 46.8. The molecule has 1 aliphatic rings. The molecule has 0 bridgehead atoms. The standard InChI is InChI=1S/C21H25Cl2NO9/c1-10(25)24-18-20(32-13(4)28)19(31-12(3)27)17(9-29-11(2)26)33-21(18)30-8-14-5-6-15(22)7-16(14)23/h5-7,17-21H,8-9H2,1-4H3,(H,24,25)/t17-,18+,19+,20+,21+/m0/s1. The average molecular weight is 506 g/mol. The first kappa shape index (κ1) is 26.8. The Morgan fingerprint density at radius 3 is 2.15 bits per heavy atom. The van der Waals surface area contributed by atoms with Crippen molar-refractivity contribution in [3.05, 3.63) is 33.8 Å². The second-order valence-corrected chi connectivity index (χ2v) is 8.11. The molecule has 0 aliphatic carbocycles. The number of hydrogen-bond acceptors (Lipinski definition) is 9. The van der Waals surface area contributed by atoms with Gasteiger partial charge in [0.1, 0.15) is 18.8 Å². The Labute approximate surface area is 200 Å². The maximum atomic E-state index is 11.9. The molecule has 0 radical (unpaired) electrons. The first-order valence-corrected chi connectivity index (χ1v) is 10.7. The van der Waals surface area contributed by atoms with Gasteiger partial charge in [0.25, 0.3) is 0 Å². The molecule has 1 heterocycles. The van der Waals surface area contributed by atoms with Crippen molar-refractivity contribution in [1.82, 2.24) is 5.32 Å². The van der Waals surface area contributed by atoms with E-state index in [9.17, 15) is 19.2 Å². The highest BCUT2D eigenvalue weighted by molar-refractivity contribution is 6.35. The lowest BCUT2D eigenvalue weighted by molar-refractivity contribution is -0.280. The second kappa shape index (κ2) is 12.2. The highest BCUT2D eigenvalue weighted by Crippen LogP contribution is 2.29. The first-order chi connectivity index (χ1) is 15.5. The molecule has 182 valence electrons. The number of carbonyl (C=O) groups excluding carboxylic acids is 4. The minimum Gasteiger partial charge on any atom is -0.463 e. The van der Waals surface area contributed by atoms with Crippen molar-refractivity contribution >= 4 is 47.0 Å². The van der Waals surface area contributed by atoms with Gasteiger partial charge in [-0.1, -0.05) is 29.3 Å². The number of esters is 3. The minimum atomic E-state index is -1.20. The molecule has 5 atom stereocenters. The van der Waals surface area contributed by atoms with Gasteiger partial charge in [-0.25, -0.2) is 0 Å². The Hall–Kier alpha value is -2.40. The molecule has 1 fully saturated rings. The highest BCUT2D eigenvalue weighted by Gasteiger charge is 2.51. The van der Waals surface area contributed by atoms with Gasteiger partial charge < -0.3 is 29.0 Å². The summed E-state index contributed by atoms with van der Waals surface area (Å²) in [7, 11) is 0. The fraction of sp³-hybridized carbons (Fsp3) is 0.524. The topological polar surface area (TPSA) is 126 Å². The van der Waals surface area contributed by atoms with Crippen LogP contribution in [0.2, 0.25) is 10.0 Å². The lowest BCUT2D eigenvalue weighted by Crippen LogP contribution is -2.66. The van der Waals surface area contributed by atoms with Crippen LogP contribution < -0.4 is 5.32 Å². The van der Waals surface area contributed by atoms with E-state index in [2.05, 4.69) is 5.32 Å². The van der Waals surface area contributed by atoms with Crippen molar-refractivity contribution in [2.75, 3.05) is 6.61 Å². The Bertz CT molecular complexity index is 894. The van der Waals surface area contributed by atoms with Gasteiger partial charge >= 0.3 is 17.9 Å². The van der Waals surface area contributed by atoms with Gasteiger partial charge in [-0.3, -0.25) is 19.2 Å². The van der Waals surface area contributed by atoms with E-state index < -0.39 is 54.5 Å². The van der Waals surface area contributed by atoms with Crippen LogP contribution in [0.1, 0.15) is 33.3 Å². The van der Waals surface area contributed by atoms with Crippen LogP contribution in [0.5, 0.6) is 0 Å². The van der Waals surface area contributed by atoms with Crippen LogP contribution in [0.3, 0.4) is 0 Å². The molecule has 2 rings (SSSR count). The Morgan fingerprint density at radius 2 is 1.61 bits per heavy atom. The van der Waals surface area contributed by atoms with Crippen LogP contribution in [0.4, 0.5) is 0 Å². The van der Waals surface area contributed by atoms with E-state index in [1.165, 1.54) is 19.9 Å². The zero-order valence-electron chi connectivity index (χ0n) is 18.5. The number of ether oxygens (including phenoxy) is 5. The van der Waals surface area contributed by atoms with Crippen LogP contribution in [0, 0.1) is 0 Å². The van der Waals surface area contributed by atoms with Gasteiger partial charge in [-0.05, 0) is 17.7 Å². The summed E-state index contributed by atoms with van der Waals surface area (Å²) >= 11 is 12.1. The third-order valence-electron chi connectivity index (χ3n) is 4.49. The molecule has 12 heteroatoms. The molecule has 1 amide bonds. The van der Waals surface area contributed by atoms with Crippen LogP contribution in [-0.2, 0) is 49.5 Å². The fourth-order valence-electron chi connectivity index (χ4n) is 3.24. The van der Waals surface area contributed by atoms with E-state index in [-0.39, 0.29) is 13.2 Å². The predicted molar refractivity (Wildman–Crippen MR) is 115 cm³/mol. The summed E-state index contributed by atoms with van der Waals surface area (Å²) in [6.07, 6.45) is -4.63. The van der Waals surface area contributed by atoms with Crippen LogP contribution in [-0.4, -0.2) is 61.1 Å². The first-order valence-electron chi connectivity index (χ1n) is 9.93. The number of rotatable bonds is 8. The predicted octanol–water partition coefficient (Wildman–Crippen LogP) is 2.17. The normalized spacial score (nSPS) is 24.5. The van der Waals surface area contributed by atoms with Gasteiger partial charge in [0.15, 0.2) is 18.5 Å². The van der Waals surface area contributed by atoms with Crippen molar-refractivity contribution in [3.8, 4) is 0 Å². The molecule has 1 N–H and O–H groups in total. The fourth-order valence-corrected chi connectivity index (χ4v) is 3.71. The molecule has 0 unspecified atom stereocenters. The molecule has 1 aliphatic heterocycles. The third kappa shape index (κ3) is 8.15.